The van der Waals surface area contributed by atoms with E-state index in [2.05, 4.69) is 92.2 Å². The van der Waals surface area contributed by atoms with Gasteiger partial charge >= 0.3 is 0 Å². The highest BCUT2D eigenvalue weighted by Gasteiger charge is 2.39. The summed E-state index contributed by atoms with van der Waals surface area (Å²) in [6, 6.07) is 22.2. The second kappa shape index (κ2) is 13.4. The number of imidazole rings is 1. The monoisotopic (exact) mass is 444 g/mol. The minimum atomic E-state index is -0.0122. The van der Waals surface area contributed by atoms with Crippen molar-refractivity contribution in [3.8, 4) is 0 Å². The van der Waals surface area contributed by atoms with E-state index in [1.807, 2.05) is 6.20 Å². The molecule has 0 N–H and O–H groups in total. The van der Waals surface area contributed by atoms with Gasteiger partial charge in [0.1, 0.15) is 5.82 Å². The van der Waals surface area contributed by atoms with Crippen LogP contribution in [0.3, 0.4) is 0 Å². The summed E-state index contributed by atoms with van der Waals surface area (Å²) in [7, 11) is 0. The highest BCUT2D eigenvalue weighted by molar-refractivity contribution is 5.33. The number of unbranched alkanes of at least 4 members (excludes halogenated alkanes) is 6. The van der Waals surface area contributed by atoms with Crippen molar-refractivity contribution in [1.29, 1.82) is 0 Å². The summed E-state index contributed by atoms with van der Waals surface area (Å²) < 4.78 is 2.41. The molecule has 1 heterocycles. The predicted octanol–water partition coefficient (Wildman–Crippen LogP) is 8.72. The molecule has 2 nitrogen and oxygen atoms in total. The largest absolute Gasteiger partial charge is 0.335 e. The molecule has 33 heavy (non-hydrogen) atoms. The van der Waals surface area contributed by atoms with E-state index in [9.17, 15) is 0 Å². The van der Waals surface area contributed by atoms with E-state index >= 15 is 0 Å². The maximum absolute atomic E-state index is 4.97. The number of hydrogen-bond acceptors (Lipinski definition) is 1. The number of benzene rings is 2. The molecule has 178 valence electrons. The normalized spacial score (nSPS) is 14.2. The molecule has 0 fully saturated rings. The van der Waals surface area contributed by atoms with Gasteiger partial charge in [-0.2, -0.15) is 0 Å². The van der Waals surface area contributed by atoms with Gasteiger partial charge in [0.2, 0.25) is 0 Å². The Hall–Kier alpha value is -2.35. The lowest BCUT2D eigenvalue weighted by atomic mass is 9.66. The van der Waals surface area contributed by atoms with E-state index < -0.39 is 0 Å². The van der Waals surface area contributed by atoms with Crippen molar-refractivity contribution in [1.82, 2.24) is 9.55 Å². The molecular formula is C31H44N2. The molecule has 2 aromatic carbocycles. The van der Waals surface area contributed by atoms with E-state index in [0.29, 0.717) is 5.92 Å². The smallest absolute Gasteiger partial charge is 0.112 e. The molecule has 0 saturated carbocycles. The number of nitrogens with zero attached hydrogens (tertiary/aromatic N) is 2. The van der Waals surface area contributed by atoms with E-state index in [4.69, 9.17) is 4.98 Å². The lowest BCUT2D eigenvalue weighted by Crippen LogP contribution is -2.35. The summed E-state index contributed by atoms with van der Waals surface area (Å²) in [5.41, 5.74) is 2.82. The predicted molar refractivity (Wildman–Crippen MR) is 142 cm³/mol. The van der Waals surface area contributed by atoms with Gasteiger partial charge in [0.05, 0.1) is 0 Å². The van der Waals surface area contributed by atoms with Gasteiger partial charge in [-0.15, -0.1) is 0 Å². The van der Waals surface area contributed by atoms with Gasteiger partial charge in [-0.1, -0.05) is 126 Å². The zero-order chi connectivity index (χ0) is 23.4. The summed E-state index contributed by atoms with van der Waals surface area (Å²) >= 11 is 0. The summed E-state index contributed by atoms with van der Waals surface area (Å²) in [6.07, 6.45) is 17.0. The first-order valence-electron chi connectivity index (χ1n) is 13.3. The first-order valence-corrected chi connectivity index (χ1v) is 13.3. The van der Waals surface area contributed by atoms with Gasteiger partial charge < -0.3 is 4.57 Å². The Balaban J connectivity index is 1.90. The molecule has 1 aromatic heterocycles. The fraction of sp³-hybridized carbons (Fsp3) is 0.516. The highest BCUT2D eigenvalue weighted by atomic mass is 15.1. The average Bonchev–Trinajstić information content (AvgIpc) is 3.30. The van der Waals surface area contributed by atoms with Crippen LogP contribution in [0.15, 0.2) is 73.1 Å². The molecule has 0 radical (unpaired) electrons. The lowest BCUT2D eigenvalue weighted by Gasteiger charge is -2.39. The molecule has 0 aliphatic heterocycles. The molecule has 0 spiro atoms. The molecule has 2 atom stereocenters. The third-order valence-corrected chi connectivity index (χ3v) is 7.24. The Labute approximate surface area is 202 Å². The van der Waals surface area contributed by atoms with Gasteiger partial charge in [0, 0.05) is 30.3 Å². The van der Waals surface area contributed by atoms with Gasteiger partial charge in [-0.3, -0.25) is 0 Å². The van der Waals surface area contributed by atoms with Crippen LogP contribution >= 0.6 is 0 Å². The highest BCUT2D eigenvalue weighted by Crippen LogP contribution is 2.44. The van der Waals surface area contributed by atoms with E-state index in [-0.39, 0.29) is 5.41 Å². The Morgan fingerprint density at radius 1 is 0.788 bits per heavy atom. The number of aryl methyl sites for hydroxylation is 1. The summed E-state index contributed by atoms with van der Waals surface area (Å²) in [6.45, 7) is 8.07. The summed E-state index contributed by atoms with van der Waals surface area (Å²) in [5, 5.41) is 0. The molecule has 0 aliphatic rings. The van der Waals surface area contributed by atoms with Crippen molar-refractivity contribution < 1.29 is 0 Å². The number of rotatable bonds is 15. The van der Waals surface area contributed by atoms with Crippen LogP contribution in [-0.4, -0.2) is 9.55 Å². The zero-order valence-corrected chi connectivity index (χ0v) is 21.2. The maximum atomic E-state index is 4.97. The number of aromatic nitrogens is 2. The summed E-state index contributed by atoms with van der Waals surface area (Å²) in [4.78, 5) is 4.97. The second-order valence-electron chi connectivity index (χ2n) is 9.89. The molecule has 2 unspecified atom stereocenters. The SMILES string of the molecule is CCCCCCCCCC(c1nccn1CCC)C(C)(Cc1ccccc1)c1ccccc1. The fourth-order valence-electron chi connectivity index (χ4n) is 5.36. The van der Waals surface area contributed by atoms with Crippen LogP contribution in [0.1, 0.15) is 101 Å². The Bertz CT molecular complexity index is 899. The van der Waals surface area contributed by atoms with Crippen LogP contribution in [0.25, 0.3) is 0 Å². The Morgan fingerprint density at radius 2 is 1.42 bits per heavy atom. The third kappa shape index (κ3) is 7.06. The second-order valence-corrected chi connectivity index (χ2v) is 9.89. The molecule has 2 heteroatoms. The minimum absolute atomic E-state index is 0.0122. The van der Waals surface area contributed by atoms with Crippen LogP contribution in [0.5, 0.6) is 0 Å². The Kier molecular flexibility index (Phi) is 10.2. The van der Waals surface area contributed by atoms with Gasteiger partial charge in [-0.25, -0.2) is 4.98 Å². The van der Waals surface area contributed by atoms with Crippen LogP contribution in [-0.2, 0) is 18.4 Å². The van der Waals surface area contributed by atoms with Crippen LogP contribution in [0.2, 0.25) is 0 Å². The summed E-state index contributed by atoms with van der Waals surface area (Å²) in [5.74, 6) is 1.66. The van der Waals surface area contributed by atoms with E-state index in [1.54, 1.807) is 0 Å². The molecule has 0 saturated heterocycles. The van der Waals surface area contributed by atoms with Crippen molar-refractivity contribution in [3.63, 3.8) is 0 Å². The van der Waals surface area contributed by atoms with Crippen molar-refractivity contribution in [2.24, 2.45) is 0 Å². The third-order valence-electron chi connectivity index (χ3n) is 7.24. The quantitative estimate of drug-likeness (QED) is 0.214. The molecular weight excluding hydrogens is 400 g/mol. The minimum Gasteiger partial charge on any atom is -0.335 e. The van der Waals surface area contributed by atoms with Crippen molar-refractivity contribution in [2.75, 3.05) is 0 Å². The van der Waals surface area contributed by atoms with E-state index in [0.717, 1.165) is 19.4 Å². The topological polar surface area (TPSA) is 17.8 Å². The lowest BCUT2D eigenvalue weighted by molar-refractivity contribution is 0.322. The maximum Gasteiger partial charge on any atom is 0.112 e. The van der Waals surface area contributed by atoms with Gasteiger partial charge in [-0.05, 0) is 30.4 Å². The van der Waals surface area contributed by atoms with Crippen molar-refractivity contribution in [3.05, 3.63) is 90.0 Å². The van der Waals surface area contributed by atoms with Gasteiger partial charge in [0.25, 0.3) is 0 Å². The molecule has 3 aromatic rings. The zero-order valence-electron chi connectivity index (χ0n) is 21.2. The first-order chi connectivity index (χ1) is 16.2. The van der Waals surface area contributed by atoms with Gasteiger partial charge in [0.15, 0.2) is 0 Å². The van der Waals surface area contributed by atoms with Crippen molar-refractivity contribution in [2.45, 2.75) is 103 Å². The molecule has 0 aliphatic carbocycles. The standard InChI is InChI=1S/C31H44N2/c1-4-6-7-8-9-10-17-22-29(30-32-23-25-33(30)24-5-2)31(3,28-20-15-12-16-21-28)26-27-18-13-11-14-19-27/h11-16,18-21,23,25,29H,4-10,17,22,24,26H2,1-3H3. The van der Waals surface area contributed by atoms with E-state index in [1.165, 1.54) is 68.3 Å². The first kappa shape index (κ1) is 25.3. The van der Waals surface area contributed by atoms with Crippen LogP contribution < -0.4 is 0 Å². The van der Waals surface area contributed by atoms with Crippen molar-refractivity contribution >= 4 is 0 Å². The fourth-order valence-corrected chi connectivity index (χ4v) is 5.36. The molecule has 0 bridgehead atoms. The average molecular weight is 445 g/mol. The Morgan fingerprint density at radius 3 is 2.09 bits per heavy atom. The van der Waals surface area contributed by atoms with Crippen LogP contribution in [0.4, 0.5) is 0 Å². The number of hydrogen-bond donors (Lipinski definition) is 0. The molecule has 3 rings (SSSR count). The molecule has 0 amide bonds. The van der Waals surface area contributed by atoms with Crippen LogP contribution in [0, 0.1) is 0 Å².